The summed E-state index contributed by atoms with van der Waals surface area (Å²) in [4.78, 5) is 21.8. The Hall–Kier alpha value is -2.23. The summed E-state index contributed by atoms with van der Waals surface area (Å²) in [5.41, 5.74) is 2.38. The Bertz CT molecular complexity index is 565. The summed E-state index contributed by atoms with van der Waals surface area (Å²) in [6.07, 6.45) is 0.444. The van der Waals surface area contributed by atoms with Crippen LogP contribution in [0.3, 0.4) is 0 Å². The largest absolute Gasteiger partial charge is 0.300 e. The first-order valence-electron chi connectivity index (χ1n) is 5.29. The maximum absolute atomic E-state index is 11.0. The minimum absolute atomic E-state index is 0.139. The number of nitrogens with one attached hydrogen (secondary N) is 1. The molecule has 0 aliphatic rings. The van der Waals surface area contributed by atoms with E-state index in [1.807, 2.05) is 24.3 Å². The van der Waals surface area contributed by atoms with Crippen LogP contribution in [0.25, 0.3) is 11.3 Å². The number of aromatic nitrogens is 2. The van der Waals surface area contributed by atoms with Crippen LogP contribution in [0.15, 0.2) is 41.2 Å². The summed E-state index contributed by atoms with van der Waals surface area (Å²) in [7, 11) is 0. The van der Waals surface area contributed by atoms with Gasteiger partial charge in [0.05, 0.1) is 5.69 Å². The Kier molecular flexibility index (Phi) is 3.14. The molecule has 0 bridgehead atoms. The number of hydrogen-bond donors (Lipinski definition) is 1. The number of ketones is 1. The number of rotatable bonds is 3. The Morgan fingerprint density at radius 1 is 1.18 bits per heavy atom. The summed E-state index contributed by atoms with van der Waals surface area (Å²) >= 11 is 0. The van der Waals surface area contributed by atoms with E-state index in [2.05, 4.69) is 10.2 Å². The minimum atomic E-state index is -0.220. The van der Waals surface area contributed by atoms with E-state index in [4.69, 9.17) is 0 Å². The van der Waals surface area contributed by atoms with Crippen LogP contribution in [-0.4, -0.2) is 16.0 Å². The summed E-state index contributed by atoms with van der Waals surface area (Å²) < 4.78 is 0. The van der Waals surface area contributed by atoms with Gasteiger partial charge in [0.25, 0.3) is 5.56 Å². The van der Waals surface area contributed by atoms with Crippen molar-refractivity contribution in [3.8, 4) is 11.3 Å². The van der Waals surface area contributed by atoms with E-state index < -0.39 is 0 Å². The fraction of sp³-hybridized carbons (Fsp3) is 0.154. The third-order valence-corrected chi connectivity index (χ3v) is 2.38. The maximum atomic E-state index is 11.0. The molecule has 0 saturated carbocycles. The highest BCUT2D eigenvalue weighted by atomic mass is 16.1. The van der Waals surface area contributed by atoms with Crippen molar-refractivity contribution in [1.29, 1.82) is 0 Å². The molecule has 1 aromatic heterocycles. The van der Waals surface area contributed by atoms with Crippen LogP contribution >= 0.6 is 0 Å². The summed E-state index contributed by atoms with van der Waals surface area (Å²) in [6.45, 7) is 1.57. The van der Waals surface area contributed by atoms with E-state index in [1.165, 1.54) is 6.07 Å². The minimum Gasteiger partial charge on any atom is -0.300 e. The number of benzene rings is 1. The van der Waals surface area contributed by atoms with Gasteiger partial charge in [-0.15, -0.1) is 0 Å². The normalized spacial score (nSPS) is 10.2. The monoisotopic (exact) mass is 228 g/mol. The molecule has 1 aromatic carbocycles. The molecule has 0 aliphatic heterocycles. The van der Waals surface area contributed by atoms with Crippen LogP contribution in [0, 0.1) is 0 Å². The molecule has 17 heavy (non-hydrogen) atoms. The zero-order valence-corrected chi connectivity index (χ0v) is 9.43. The number of aromatic amines is 1. The van der Waals surface area contributed by atoms with Gasteiger partial charge in [-0.2, -0.15) is 5.10 Å². The first-order valence-corrected chi connectivity index (χ1v) is 5.29. The molecule has 4 nitrogen and oxygen atoms in total. The molecule has 2 rings (SSSR count). The number of Topliss-reactive ketones (excluding diaryl/α,β-unsaturated/α-hetero) is 1. The maximum Gasteiger partial charge on any atom is 0.264 e. The first-order chi connectivity index (χ1) is 8.15. The molecule has 4 heteroatoms. The molecule has 0 unspecified atom stereocenters. The molecule has 0 radical (unpaired) electrons. The summed E-state index contributed by atoms with van der Waals surface area (Å²) in [5, 5.41) is 6.32. The number of hydrogen-bond acceptors (Lipinski definition) is 3. The average molecular weight is 228 g/mol. The highest BCUT2D eigenvalue weighted by Crippen LogP contribution is 2.16. The number of carbonyl (C=O) groups excluding carboxylic acids is 1. The SMILES string of the molecule is CC(=O)Cc1ccc(-c2ccc(=O)[nH]n2)cc1. The molecule has 0 fully saturated rings. The van der Waals surface area contributed by atoms with Crippen molar-refractivity contribution in [2.45, 2.75) is 13.3 Å². The topological polar surface area (TPSA) is 62.8 Å². The lowest BCUT2D eigenvalue weighted by atomic mass is 10.1. The van der Waals surface area contributed by atoms with Gasteiger partial charge in [-0.25, -0.2) is 5.10 Å². The van der Waals surface area contributed by atoms with Gasteiger partial charge in [0.2, 0.25) is 0 Å². The molecule has 0 spiro atoms. The highest BCUT2D eigenvalue weighted by molar-refractivity contribution is 5.78. The summed E-state index contributed by atoms with van der Waals surface area (Å²) in [6, 6.07) is 10.7. The van der Waals surface area contributed by atoms with Crippen LogP contribution in [0.2, 0.25) is 0 Å². The van der Waals surface area contributed by atoms with Crippen LogP contribution in [-0.2, 0) is 11.2 Å². The Labute approximate surface area is 98.3 Å². The molecule has 0 saturated heterocycles. The van der Waals surface area contributed by atoms with Crippen LogP contribution < -0.4 is 5.56 Å². The van der Waals surface area contributed by atoms with Gasteiger partial charge in [0, 0.05) is 18.1 Å². The van der Waals surface area contributed by atoms with Crippen LogP contribution in [0.5, 0.6) is 0 Å². The standard InChI is InChI=1S/C13H12N2O2/c1-9(16)8-10-2-4-11(5-3-10)12-6-7-13(17)15-14-12/h2-7H,8H2,1H3,(H,15,17). The van der Waals surface area contributed by atoms with E-state index in [-0.39, 0.29) is 11.3 Å². The van der Waals surface area contributed by atoms with Crippen molar-refractivity contribution >= 4 is 5.78 Å². The molecule has 1 N–H and O–H groups in total. The zero-order valence-electron chi connectivity index (χ0n) is 9.43. The van der Waals surface area contributed by atoms with Crippen molar-refractivity contribution in [3.05, 3.63) is 52.3 Å². The molecule has 0 amide bonds. The summed E-state index contributed by atoms with van der Waals surface area (Å²) in [5.74, 6) is 0.139. The van der Waals surface area contributed by atoms with Gasteiger partial charge in [-0.1, -0.05) is 24.3 Å². The molecular weight excluding hydrogens is 216 g/mol. The van der Waals surface area contributed by atoms with Crippen molar-refractivity contribution in [2.75, 3.05) is 0 Å². The van der Waals surface area contributed by atoms with E-state index >= 15 is 0 Å². The zero-order chi connectivity index (χ0) is 12.3. The molecule has 86 valence electrons. The van der Waals surface area contributed by atoms with Gasteiger partial charge in [-0.3, -0.25) is 9.59 Å². The Balaban J connectivity index is 2.26. The second kappa shape index (κ2) is 4.74. The third kappa shape index (κ3) is 2.87. The smallest absolute Gasteiger partial charge is 0.264 e. The molecule has 0 aliphatic carbocycles. The van der Waals surface area contributed by atoms with Crippen molar-refractivity contribution in [2.24, 2.45) is 0 Å². The van der Waals surface area contributed by atoms with Gasteiger partial charge in [0.15, 0.2) is 0 Å². The number of nitrogens with zero attached hydrogens (tertiary/aromatic N) is 1. The van der Waals surface area contributed by atoms with Crippen molar-refractivity contribution in [1.82, 2.24) is 10.2 Å². The predicted octanol–water partition coefficient (Wildman–Crippen LogP) is 1.57. The van der Waals surface area contributed by atoms with Gasteiger partial charge >= 0.3 is 0 Å². The number of H-pyrrole nitrogens is 1. The van der Waals surface area contributed by atoms with Crippen LogP contribution in [0.1, 0.15) is 12.5 Å². The second-order valence-electron chi connectivity index (χ2n) is 3.88. The highest BCUT2D eigenvalue weighted by Gasteiger charge is 2.01. The van der Waals surface area contributed by atoms with E-state index in [0.717, 1.165) is 11.1 Å². The van der Waals surface area contributed by atoms with Crippen molar-refractivity contribution < 1.29 is 4.79 Å². The van der Waals surface area contributed by atoms with E-state index in [0.29, 0.717) is 12.1 Å². The lowest BCUT2D eigenvalue weighted by Gasteiger charge is -2.01. The van der Waals surface area contributed by atoms with Crippen LogP contribution in [0.4, 0.5) is 0 Å². The molecule has 1 heterocycles. The fourth-order valence-electron chi connectivity index (χ4n) is 1.59. The fourth-order valence-corrected chi connectivity index (χ4v) is 1.59. The lowest BCUT2D eigenvalue weighted by Crippen LogP contribution is -2.05. The third-order valence-electron chi connectivity index (χ3n) is 2.38. The van der Waals surface area contributed by atoms with E-state index in [9.17, 15) is 9.59 Å². The lowest BCUT2D eigenvalue weighted by molar-refractivity contribution is -0.116. The molecular formula is C13H12N2O2. The average Bonchev–Trinajstić information content (AvgIpc) is 2.30. The quantitative estimate of drug-likeness (QED) is 0.867. The van der Waals surface area contributed by atoms with Crippen molar-refractivity contribution in [3.63, 3.8) is 0 Å². The van der Waals surface area contributed by atoms with E-state index in [1.54, 1.807) is 13.0 Å². The first kappa shape index (κ1) is 11.3. The second-order valence-corrected chi connectivity index (χ2v) is 3.88. The van der Waals surface area contributed by atoms with Gasteiger partial charge in [0.1, 0.15) is 5.78 Å². The predicted molar refractivity (Wildman–Crippen MR) is 64.7 cm³/mol. The van der Waals surface area contributed by atoms with Gasteiger partial charge in [-0.05, 0) is 18.6 Å². The molecule has 2 aromatic rings. The number of carbonyl (C=O) groups is 1. The Morgan fingerprint density at radius 3 is 2.41 bits per heavy atom. The van der Waals surface area contributed by atoms with Gasteiger partial charge < -0.3 is 0 Å². The Morgan fingerprint density at radius 2 is 1.88 bits per heavy atom. The molecule has 0 atom stereocenters.